The van der Waals surface area contributed by atoms with Crippen LogP contribution < -0.4 is 4.57 Å². The average Bonchev–Trinajstić information content (AvgIpc) is 3.16. The third-order valence-corrected chi connectivity index (χ3v) is 6.92. The van der Waals surface area contributed by atoms with Gasteiger partial charge in [0.2, 0.25) is 5.69 Å². The van der Waals surface area contributed by atoms with Gasteiger partial charge in [-0.2, -0.15) is 0 Å². The van der Waals surface area contributed by atoms with Crippen molar-refractivity contribution in [3.8, 4) is 22.5 Å². The van der Waals surface area contributed by atoms with Gasteiger partial charge in [-0.25, -0.2) is 4.57 Å². The van der Waals surface area contributed by atoms with Crippen LogP contribution in [0.25, 0.3) is 44.5 Å². The molecule has 0 radical (unpaired) electrons. The Morgan fingerprint density at radius 3 is 2.23 bits per heavy atom. The molecule has 5 rings (SSSR count). The first-order valence-electron chi connectivity index (χ1n) is 12.4. The van der Waals surface area contributed by atoms with Crippen molar-refractivity contribution < 1.29 is 8.98 Å². The highest BCUT2D eigenvalue weighted by Gasteiger charge is 2.23. The molecule has 0 amide bonds. The van der Waals surface area contributed by atoms with E-state index >= 15 is 0 Å². The van der Waals surface area contributed by atoms with Crippen LogP contribution >= 0.6 is 0 Å². The van der Waals surface area contributed by atoms with Gasteiger partial charge in [0.15, 0.2) is 6.20 Å². The van der Waals surface area contributed by atoms with Crippen molar-refractivity contribution in [3.63, 3.8) is 0 Å². The Labute approximate surface area is 208 Å². The fraction of sp³-hybridized carbons (Fsp3) is 0.312. The molecule has 0 unspecified atom stereocenters. The zero-order valence-corrected chi connectivity index (χ0v) is 22.2. The van der Waals surface area contributed by atoms with E-state index in [0.717, 1.165) is 50.1 Å². The van der Waals surface area contributed by atoms with Crippen molar-refractivity contribution >= 4 is 21.9 Å². The van der Waals surface area contributed by atoms with E-state index < -0.39 is 0 Å². The molecule has 0 spiro atoms. The summed E-state index contributed by atoms with van der Waals surface area (Å²) in [7, 11) is 2.08. The number of fused-ring (bicyclic) bond motifs is 3. The first-order chi connectivity index (χ1) is 16.4. The van der Waals surface area contributed by atoms with Gasteiger partial charge in [-0.05, 0) is 53.8 Å². The minimum absolute atomic E-state index is 0.0306. The third-order valence-electron chi connectivity index (χ3n) is 6.92. The highest BCUT2D eigenvalue weighted by atomic mass is 16.3. The summed E-state index contributed by atoms with van der Waals surface area (Å²) in [5.41, 5.74) is 9.81. The van der Waals surface area contributed by atoms with Gasteiger partial charge in [0.1, 0.15) is 18.2 Å². The van der Waals surface area contributed by atoms with E-state index in [4.69, 9.17) is 9.40 Å². The predicted molar refractivity (Wildman–Crippen MR) is 146 cm³/mol. The molecule has 178 valence electrons. The Morgan fingerprint density at radius 2 is 1.54 bits per heavy atom. The van der Waals surface area contributed by atoms with E-state index in [0.29, 0.717) is 0 Å². The number of aromatic nitrogens is 2. The number of aryl methyl sites for hydroxylation is 2. The summed E-state index contributed by atoms with van der Waals surface area (Å²) in [4.78, 5) is 5.10. The summed E-state index contributed by atoms with van der Waals surface area (Å²) < 4.78 is 8.74. The zero-order valence-electron chi connectivity index (χ0n) is 22.2. The van der Waals surface area contributed by atoms with Crippen LogP contribution in [0.1, 0.15) is 58.4 Å². The van der Waals surface area contributed by atoms with Gasteiger partial charge in [0.05, 0.1) is 11.3 Å². The van der Waals surface area contributed by atoms with Crippen molar-refractivity contribution in [2.24, 2.45) is 7.05 Å². The number of rotatable bonds is 2. The molecule has 35 heavy (non-hydrogen) atoms. The van der Waals surface area contributed by atoms with E-state index in [-0.39, 0.29) is 10.8 Å². The van der Waals surface area contributed by atoms with Crippen LogP contribution in [-0.4, -0.2) is 4.98 Å². The number of furan rings is 1. The topological polar surface area (TPSA) is 29.9 Å². The maximum Gasteiger partial charge on any atom is 0.216 e. The summed E-state index contributed by atoms with van der Waals surface area (Å²) in [6, 6.07) is 21.7. The van der Waals surface area contributed by atoms with Gasteiger partial charge in [0, 0.05) is 39.6 Å². The van der Waals surface area contributed by atoms with Crippen LogP contribution in [0.3, 0.4) is 0 Å². The van der Waals surface area contributed by atoms with Crippen molar-refractivity contribution in [1.29, 1.82) is 0 Å². The molecule has 0 fully saturated rings. The standard InChI is InChI=1S/C32H35N2O/c1-20-12-14-24-23-15-13-21(25-18-22(31(2,3)4)19-28(33-25)32(5,6)7)17-27(23)35-30(24)29(20)26-11-9-10-16-34(26)8/h9-19H,1-8H3/q+1. The van der Waals surface area contributed by atoms with Crippen LogP contribution in [0.15, 0.2) is 71.3 Å². The molecular formula is C32H35N2O+. The molecule has 3 heterocycles. The van der Waals surface area contributed by atoms with Crippen LogP contribution in [0, 0.1) is 6.92 Å². The molecule has 0 aliphatic rings. The van der Waals surface area contributed by atoms with Crippen molar-refractivity contribution in [3.05, 3.63) is 83.7 Å². The van der Waals surface area contributed by atoms with Crippen molar-refractivity contribution in [2.45, 2.75) is 59.3 Å². The van der Waals surface area contributed by atoms with Gasteiger partial charge in [-0.15, -0.1) is 0 Å². The highest BCUT2D eigenvalue weighted by Crippen LogP contribution is 2.39. The quantitative estimate of drug-likeness (QED) is 0.248. The predicted octanol–water partition coefficient (Wildman–Crippen LogP) is 8.04. The first-order valence-corrected chi connectivity index (χ1v) is 12.4. The summed E-state index contributed by atoms with van der Waals surface area (Å²) in [5.74, 6) is 0. The van der Waals surface area contributed by atoms with E-state index in [1.807, 2.05) is 0 Å². The molecule has 3 heteroatoms. The second-order valence-corrected chi connectivity index (χ2v) is 11.8. The van der Waals surface area contributed by atoms with E-state index in [1.165, 1.54) is 11.1 Å². The first kappa shape index (κ1) is 23.3. The van der Waals surface area contributed by atoms with Gasteiger partial charge in [-0.1, -0.05) is 59.7 Å². The molecular weight excluding hydrogens is 428 g/mol. The summed E-state index contributed by atoms with van der Waals surface area (Å²) in [6.45, 7) is 15.6. The molecule has 3 aromatic heterocycles. The lowest BCUT2D eigenvalue weighted by molar-refractivity contribution is -0.660. The summed E-state index contributed by atoms with van der Waals surface area (Å²) in [5, 5.41) is 2.27. The van der Waals surface area contributed by atoms with E-state index in [2.05, 4.69) is 127 Å². The zero-order chi connectivity index (χ0) is 25.1. The molecule has 5 aromatic rings. The van der Waals surface area contributed by atoms with E-state index in [9.17, 15) is 0 Å². The van der Waals surface area contributed by atoms with Crippen LogP contribution in [0.4, 0.5) is 0 Å². The number of benzene rings is 2. The lowest BCUT2D eigenvalue weighted by atomic mass is 9.82. The molecule has 0 saturated carbocycles. The molecule has 0 aliphatic carbocycles. The van der Waals surface area contributed by atoms with Gasteiger partial charge < -0.3 is 4.42 Å². The molecule has 0 saturated heterocycles. The second-order valence-electron chi connectivity index (χ2n) is 11.8. The monoisotopic (exact) mass is 463 g/mol. The fourth-order valence-corrected chi connectivity index (χ4v) is 4.69. The Hall–Kier alpha value is -3.46. The molecule has 0 aliphatic heterocycles. The van der Waals surface area contributed by atoms with Gasteiger partial charge >= 0.3 is 0 Å². The van der Waals surface area contributed by atoms with Crippen molar-refractivity contribution in [2.75, 3.05) is 0 Å². The largest absolute Gasteiger partial charge is 0.455 e. The molecule has 0 N–H and O–H groups in total. The maximum atomic E-state index is 6.59. The maximum absolute atomic E-state index is 6.59. The van der Waals surface area contributed by atoms with Crippen LogP contribution in [0.5, 0.6) is 0 Å². The smallest absolute Gasteiger partial charge is 0.216 e. The van der Waals surface area contributed by atoms with Crippen molar-refractivity contribution in [1.82, 2.24) is 4.98 Å². The Bertz CT molecular complexity index is 1540. The number of hydrogen-bond donors (Lipinski definition) is 0. The molecule has 0 bridgehead atoms. The lowest BCUT2D eigenvalue weighted by Crippen LogP contribution is -2.30. The van der Waals surface area contributed by atoms with Crippen LogP contribution in [0.2, 0.25) is 0 Å². The van der Waals surface area contributed by atoms with Gasteiger partial charge in [0.25, 0.3) is 0 Å². The summed E-state index contributed by atoms with van der Waals surface area (Å²) in [6.07, 6.45) is 2.08. The second kappa shape index (κ2) is 8.05. The Morgan fingerprint density at radius 1 is 0.800 bits per heavy atom. The lowest BCUT2D eigenvalue weighted by Gasteiger charge is -2.25. The minimum atomic E-state index is -0.0306. The normalized spacial score (nSPS) is 12.6. The van der Waals surface area contributed by atoms with E-state index in [1.54, 1.807) is 0 Å². The average molecular weight is 464 g/mol. The van der Waals surface area contributed by atoms with Crippen LogP contribution in [-0.2, 0) is 17.9 Å². The van der Waals surface area contributed by atoms with Gasteiger partial charge in [-0.3, -0.25) is 4.98 Å². The fourth-order valence-electron chi connectivity index (χ4n) is 4.69. The highest BCUT2D eigenvalue weighted by molar-refractivity contribution is 6.10. The Kier molecular flexibility index (Phi) is 5.36. The SMILES string of the molecule is Cc1ccc2c(oc3cc(-c4cc(C(C)(C)C)cc(C(C)(C)C)n4)ccc32)c1-c1cccc[n+]1C. The molecule has 2 aromatic carbocycles. The third kappa shape index (κ3) is 4.14. The number of pyridine rings is 2. The number of nitrogens with zero attached hydrogens (tertiary/aromatic N) is 2. The number of hydrogen-bond acceptors (Lipinski definition) is 2. The minimum Gasteiger partial charge on any atom is -0.455 e. The molecule has 0 atom stereocenters. The summed E-state index contributed by atoms with van der Waals surface area (Å²) >= 11 is 0. The Balaban J connectivity index is 1.74. The molecule has 3 nitrogen and oxygen atoms in total.